The summed E-state index contributed by atoms with van der Waals surface area (Å²) in [6.07, 6.45) is -16.6. The lowest BCUT2D eigenvalue weighted by molar-refractivity contribution is -0.376. The molecule has 2 aliphatic heterocycles. The normalized spacial score (nSPS) is 42.7. The molecule has 0 aromatic heterocycles. The molecule has 29 heavy (non-hydrogen) atoms. The number of carbonyl (C=O) groups is 1. The number of azide groups is 1. The number of nitrogens with zero attached hydrogens (tertiary/aromatic N) is 3. The highest BCUT2D eigenvalue weighted by atomic mass is 16.8. The van der Waals surface area contributed by atoms with E-state index < -0.39 is 87.1 Å². The lowest BCUT2D eigenvalue weighted by Crippen LogP contribution is -2.63. The van der Waals surface area contributed by atoms with Crippen LogP contribution in [-0.4, -0.2) is 123 Å². The molecule has 0 radical (unpaired) electrons. The Morgan fingerprint density at radius 1 is 0.897 bits per heavy atom. The van der Waals surface area contributed by atoms with E-state index in [1.54, 1.807) is 0 Å². The van der Waals surface area contributed by atoms with Crippen LogP contribution >= 0.6 is 0 Å². The fraction of sp³-hybridized carbons (Fsp3) is 0.929. The van der Waals surface area contributed by atoms with Crippen molar-refractivity contribution >= 4 is 5.97 Å². The zero-order valence-corrected chi connectivity index (χ0v) is 14.9. The van der Waals surface area contributed by atoms with Gasteiger partial charge in [0, 0.05) is 4.91 Å². The van der Waals surface area contributed by atoms with E-state index >= 15 is 0 Å². The fourth-order valence-electron chi connectivity index (χ4n) is 2.79. The van der Waals surface area contributed by atoms with Gasteiger partial charge in [-0.3, -0.25) is 4.79 Å². The van der Waals surface area contributed by atoms with Gasteiger partial charge in [-0.2, -0.15) is 0 Å². The minimum Gasteiger partial charge on any atom is -0.463 e. The Bertz CT molecular complexity index is 602. The maximum absolute atomic E-state index is 11.4. The van der Waals surface area contributed by atoms with Crippen molar-refractivity contribution in [2.75, 3.05) is 19.8 Å². The van der Waals surface area contributed by atoms with Gasteiger partial charge in [-0.15, -0.1) is 0 Å². The molecule has 2 saturated heterocycles. The standard InChI is InChI=1S/C14H23N3O12/c15-17-16-1-6(19)26-3-5-8(21)10(23)12(25)14(28-5)29-13-11(24)9(22)7(20)4(2-18)27-13/h4-5,7-14,18,20-25H,1-3H2/t4?,5?,7-,8-,9?,10?,11?,12?,13-,14-/m1/s1. The van der Waals surface area contributed by atoms with Crippen molar-refractivity contribution in [3.05, 3.63) is 10.4 Å². The highest BCUT2D eigenvalue weighted by molar-refractivity contribution is 5.71. The molecule has 166 valence electrons. The van der Waals surface area contributed by atoms with E-state index in [9.17, 15) is 40.5 Å². The Morgan fingerprint density at radius 3 is 1.93 bits per heavy atom. The number of ether oxygens (including phenoxy) is 4. The van der Waals surface area contributed by atoms with Gasteiger partial charge in [-0.25, -0.2) is 0 Å². The first-order valence-corrected chi connectivity index (χ1v) is 8.53. The monoisotopic (exact) mass is 425 g/mol. The molecular weight excluding hydrogens is 402 g/mol. The zero-order chi connectivity index (χ0) is 21.7. The minimum absolute atomic E-state index is 0.598. The number of hydrogen-bond donors (Lipinski definition) is 7. The van der Waals surface area contributed by atoms with Crippen LogP contribution in [0.25, 0.3) is 10.4 Å². The first kappa shape index (κ1) is 23.7. The Labute approximate surface area is 163 Å². The molecule has 6 unspecified atom stereocenters. The van der Waals surface area contributed by atoms with Crippen LogP contribution in [0.4, 0.5) is 0 Å². The Balaban J connectivity index is 2.03. The lowest BCUT2D eigenvalue weighted by Gasteiger charge is -2.44. The lowest BCUT2D eigenvalue weighted by atomic mass is 9.98. The van der Waals surface area contributed by atoms with E-state index in [1.807, 2.05) is 0 Å². The van der Waals surface area contributed by atoms with Crippen LogP contribution in [0, 0.1) is 0 Å². The van der Waals surface area contributed by atoms with Gasteiger partial charge >= 0.3 is 5.97 Å². The van der Waals surface area contributed by atoms with Crippen molar-refractivity contribution in [2.24, 2.45) is 5.11 Å². The second-order valence-electron chi connectivity index (χ2n) is 6.42. The third-order valence-corrected chi connectivity index (χ3v) is 4.46. The van der Waals surface area contributed by atoms with E-state index in [2.05, 4.69) is 10.0 Å². The zero-order valence-electron chi connectivity index (χ0n) is 14.9. The van der Waals surface area contributed by atoms with Crippen molar-refractivity contribution in [1.29, 1.82) is 0 Å². The number of aliphatic hydroxyl groups excluding tert-OH is 7. The van der Waals surface area contributed by atoms with Crippen LogP contribution in [-0.2, 0) is 23.7 Å². The predicted octanol–water partition coefficient (Wildman–Crippen LogP) is -4.54. The number of rotatable bonds is 7. The van der Waals surface area contributed by atoms with Gasteiger partial charge in [0.15, 0.2) is 12.6 Å². The number of esters is 1. The van der Waals surface area contributed by atoms with Crippen molar-refractivity contribution in [3.63, 3.8) is 0 Å². The molecule has 2 rings (SSSR count). The molecule has 0 aromatic rings. The van der Waals surface area contributed by atoms with Gasteiger partial charge in [-0.05, 0) is 5.53 Å². The molecular formula is C14H23N3O12. The molecule has 0 aromatic carbocycles. The van der Waals surface area contributed by atoms with Gasteiger partial charge in [0.2, 0.25) is 0 Å². The molecule has 10 atom stereocenters. The number of carbonyl (C=O) groups excluding carboxylic acids is 1. The Hall–Kier alpha value is -1.62. The van der Waals surface area contributed by atoms with Gasteiger partial charge in [0.25, 0.3) is 0 Å². The third kappa shape index (κ3) is 5.50. The number of hydrogen-bond acceptors (Lipinski definition) is 13. The van der Waals surface area contributed by atoms with Crippen molar-refractivity contribution in [1.82, 2.24) is 0 Å². The second-order valence-corrected chi connectivity index (χ2v) is 6.42. The third-order valence-electron chi connectivity index (χ3n) is 4.46. The molecule has 2 aliphatic rings. The average Bonchev–Trinajstić information content (AvgIpc) is 2.71. The summed E-state index contributed by atoms with van der Waals surface area (Å²) in [4.78, 5) is 13.8. The summed E-state index contributed by atoms with van der Waals surface area (Å²) in [7, 11) is 0. The summed E-state index contributed by atoms with van der Waals surface area (Å²) in [5, 5.41) is 71.7. The maximum atomic E-state index is 11.4. The largest absolute Gasteiger partial charge is 0.463 e. The SMILES string of the molecule is [N-]=[N+]=NCC(=O)OCC1O[C@H](O[C@H]2OC(CO)[C@@H](O)C(O)C2O)C(O)C(O)[C@@H]1O. The van der Waals surface area contributed by atoms with Gasteiger partial charge < -0.3 is 54.7 Å². The first-order valence-electron chi connectivity index (χ1n) is 8.53. The van der Waals surface area contributed by atoms with Crippen LogP contribution in [0.3, 0.4) is 0 Å². The quantitative estimate of drug-likeness (QED) is 0.0882. The Kier molecular flexibility index (Phi) is 8.50. The van der Waals surface area contributed by atoms with Crippen LogP contribution in [0.2, 0.25) is 0 Å². The minimum atomic E-state index is -1.83. The van der Waals surface area contributed by atoms with Gasteiger partial charge in [-0.1, -0.05) is 5.11 Å². The molecule has 7 N–H and O–H groups in total. The van der Waals surface area contributed by atoms with E-state index in [4.69, 9.17) is 24.5 Å². The molecule has 15 heteroatoms. The molecule has 0 aliphatic carbocycles. The highest BCUT2D eigenvalue weighted by Gasteiger charge is 2.49. The molecule has 0 bridgehead atoms. The molecule has 15 nitrogen and oxygen atoms in total. The summed E-state index contributed by atoms with van der Waals surface area (Å²) in [6.45, 7) is -1.93. The molecule has 2 heterocycles. The topological polar surface area (TPSA) is 244 Å². The van der Waals surface area contributed by atoms with E-state index in [-0.39, 0.29) is 0 Å². The Morgan fingerprint density at radius 2 is 1.41 bits per heavy atom. The van der Waals surface area contributed by atoms with E-state index in [0.29, 0.717) is 0 Å². The highest BCUT2D eigenvalue weighted by Crippen LogP contribution is 2.28. The van der Waals surface area contributed by atoms with Gasteiger partial charge in [0.05, 0.1) is 6.61 Å². The summed E-state index contributed by atoms with van der Waals surface area (Å²) in [5.74, 6) is -0.939. The predicted molar refractivity (Wildman–Crippen MR) is 86.5 cm³/mol. The van der Waals surface area contributed by atoms with Crippen molar-refractivity contribution < 1.29 is 59.5 Å². The van der Waals surface area contributed by atoms with Crippen molar-refractivity contribution in [3.8, 4) is 0 Å². The van der Waals surface area contributed by atoms with E-state index in [1.165, 1.54) is 0 Å². The maximum Gasteiger partial charge on any atom is 0.311 e. The summed E-state index contributed by atoms with van der Waals surface area (Å²) in [6, 6.07) is 0. The van der Waals surface area contributed by atoms with Crippen molar-refractivity contribution in [2.45, 2.75) is 61.4 Å². The molecule has 0 amide bonds. The molecule has 0 spiro atoms. The smallest absolute Gasteiger partial charge is 0.311 e. The second kappa shape index (κ2) is 10.4. The van der Waals surface area contributed by atoms with E-state index in [0.717, 1.165) is 0 Å². The number of aliphatic hydroxyl groups is 7. The molecule has 0 saturated carbocycles. The van der Waals surface area contributed by atoms with Crippen LogP contribution in [0.15, 0.2) is 5.11 Å². The summed E-state index contributed by atoms with van der Waals surface area (Å²) < 4.78 is 20.3. The van der Waals surface area contributed by atoms with Crippen LogP contribution in [0.1, 0.15) is 0 Å². The summed E-state index contributed by atoms with van der Waals surface area (Å²) >= 11 is 0. The summed E-state index contributed by atoms with van der Waals surface area (Å²) in [5.41, 5.74) is 8.15. The molecule has 2 fully saturated rings. The first-order chi connectivity index (χ1) is 13.7. The van der Waals surface area contributed by atoms with Crippen LogP contribution in [0.5, 0.6) is 0 Å². The average molecular weight is 425 g/mol. The van der Waals surface area contributed by atoms with Gasteiger partial charge in [0.1, 0.15) is 62.0 Å². The van der Waals surface area contributed by atoms with Crippen LogP contribution < -0.4 is 0 Å². The fourth-order valence-corrected chi connectivity index (χ4v) is 2.79.